The van der Waals surface area contributed by atoms with E-state index in [-0.39, 0.29) is 6.03 Å². The first-order valence-electron chi connectivity index (χ1n) is 10.8. The fraction of sp³-hybridized carbons (Fsp3) is 0.160. The summed E-state index contributed by atoms with van der Waals surface area (Å²) in [4.78, 5) is 38.6. The first kappa shape index (κ1) is 25.6. The summed E-state index contributed by atoms with van der Waals surface area (Å²) in [5.74, 6) is -3.37. The van der Waals surface area contributed by atoms with Gasteiger partial charge in [0.25, 0.3) is 5.91 Å². The van der Waals surface area contributed by atoms with Gasteiger partial charge in [-0.1, -0.05) is 31.0 Å². The lowest BCUT2D eigenvalue weighted by molar-refractivity contribution is 0.0959. The first-order chi connectivity index (χ1) is 16.8. The fourth-order valence-electron chi connectivity index (χ4n) is 3.16. The van der Waals surface area contributed by atoms with Crippen LogP contribution in [-0.4, -0.2) is 24.5 Å². The number of nitrogens with zero attached hydrogens (tertiary/aromatic N) is 1. The summed E-state index contributed by atoms with van der Waals surface area (Å²) in [7, 11) is 0. The molecule has 10 heteroatoms. The van der Waals surface area contributed by atoms with Gasteiger partial charge >= 0.3 is 12.1 Å². The molecular formula is C25H23ClF2N4O3. The summed E-state index contributed by atoms with van der Waals surface area (Å²) < 4.78 is 27.4. The second-order valence-electron chi connectivity index (χ2n) is 7.49. The molecule has 0 radical (unpaired) electrons. The molecule has 0 spiro atoms. The number of rotatable bonds is 7. The van der Waals surface area contributed by atoms with E-state index in [1.807, 2.05) is 12.2 Å². The Morgan fingerprint density at radius 1 is 0.857 bits per heavy atom. The van der Waals surface area contributed by atoms with Crippen molar-refractivity contribution in [1.82, 2.24) is 5.32 Å². The Hall–Kier alpha value is -3.98. The number of anilines is 3. The lowest BCUT2D eigenvalue weighted by Crippen LogP contribution is -2.36. The number of hydrogen-bond acceptors (Lipinski definition) is 3. The molecule has 0 aliphatic carbocycles. The highest BCUT2D eigenvalue weighted by Gasteiger charge is 2.19. The van der Waals surface area contributed by atoms with Crippen LogP contribution in [0, 0.1) is 11.6 Å². The second-order valence-corrected chi connectivity index (χ2v) is 7.93. The average molecular weight is 501 g/mol. The molecule has 182 valence electrons. The number of carbonyl (C=O) groups excluding carboxylic acids is 3. The van der Waals surface area contributed by atoms with Gasteiger partial charge in [-0.15, -0.1) is 0 Å². The highest BCUT2D eigenvalue weighted by atomic mass is 35.5. The molecule has 0 aliphatic heterocycles. The van der Waals surface area contributed by atoms with Crippen LogP contribution < -0.4 is 20.9 Å². The van der Waals surface area contributed by atoms with Crippen LogP contribution in [-0.2, 0) is 0 Å². The van der Waals surface area contributed by atoms with E-state index in [1.165, 1.54) is 12.1 Å². The van der Waals surface area contributed by atoms with Gasteiger partial charge in [-0.25, -0.2) is 18.4 Å². The Labute approximate surface area is 206 Å². The molecule has 0 aromatic heterocycles. The number of urea groups is 2. The summed E-state index contributed by atoms with van der Waals surface area (Å²) >= 11 is 5.95. The number of imide groups is 1. The third kappa shape index (κ3) is 7.00. The Balaban J connectivity index is 1.61. The molecule has 0 fully saturated rings. The van der Waals surface area contributed by atoms with E-state index in [4.69, 9.17) is 11.6 Å². The van der Waals surface area contributed by atoms with Crippen molar-refractivity contribution >= 4 is 46.6 Å². The molecule has 3 N–H and O–H groups in total. The number of hydrogen-bond donors (Lipinski definition) is 3. The molecule has 0 bridgehead atoms. The van der Waals surface area contributed by atoms with Crippen LogP contribution in [0.1, 0.15) is 30.1 Å². The normalized spacial score (nSPS) is 10.4. The van der Waals surface area contributed by atoms with Crippen molar-refractivity contribution in [2.24, 2.45) is 0 Å². The van der Waals surface area contributed by atoms with Gasteiger partial charge in [0.05, 0.1) is 0 Å². The standard InChI is InChI=1S/C25H23ClF2N4O3/c1-2-3-15-32(19-13-7-16(26)8-14-19)25(35)30-18-11-9-17(10-12-18)29-24(34)31-23(33)22-20(27)5-4-6-21(22)28/h4-14H,2-3,15H2,1H3,(H,30,35)(H2,29,31,33,34). The van der Waals surface area contributed by atoms with Crippen molar-refractivity contribution < 1.29 is 23.2 Å². The van der Waals surface area contributed by atoms with Gasteiger partial charge in [0.15, 0.2) is 0 Å². The molecule has 5 amide bonds. The molecule has 35 heavy (non-hydrogen) atoms. The van der Waals surface area contributed by atoms with Gasteiger partial charge in [-0.3, -0.25) is 15.0 Å². The van der Waals surface area contributed by atoms with Crippen molar-refractivity contribution in [3.05, 3.63) is 89.0 Å². The Bertz CT molecular complexity index is 1180. The maximum atomic E-state index is 13.7. The van der Waals surface area contributed by atoms with Crippen LogP contribution in [0.5, 0.6) is 0 Å². The lowest BCUT2D eigenvalue weighted by atomic mass is 10.2. The molecule has 0 heterocycles. The Morgan fingerprint density at radius 2 is 1.43 bits per heavy atom. The van der Waals surface area contributed by atoms with Gasteiger partial charge in [-0.2, -0.15) is 0 Å². The van der Waals surface area contributed by atoms with Crippen molar-refractivity contribution in [2.45, 2.75) is 19.8 Å². The third-order valence-electron chi connectivity index (χ3n) is 4.93. The maximum Gasteiger partial charge on any atom is 0.326 e. The molecule has 7 nitrogen and oxygen atoms in total. The van der Waals surface area contributed by atoms with Crippen LogP contribution in [0.25, 0.3) is 0 Å². The molecule has 0 atom stereocenters. The van der Waals surface area contributed by atoms with Gasteiger partial charge in [-0.05, 0) is 67.1 Å². The Kier molecular flexibility index (Phi) is 8.74. The average Bonchev–Trinajstić information content (AvgIpc) is 2.81. The summed E-state index contributed by atoms with van der Waals surface area (Å²) in [5.41, 5.74) is 0.615. The predicted octanol–water partition coefficient (Wildman–Crippen LogP) is 6.42. The number of carbonyl (C=O) groups is 3. The molecule has 0 aliphatic rings. The summed E-state index contributed by atoms with van der Waals surface area (Å²) in [5, 5.41) is 7.63. The zero-order chi connectivity index (χ0) is 25.4. The van der Waals surface area contributed by atoms with Crippen LogP contribution in [0.3, 0.4) is 0 Å². The van der Waals surface area contributed by atoms with Crippen molar-refractivity contribution in [3.8, 4) is 0 Å². The highest BCUT2D eigenvalue weighted by Crippen LogP contribution is 2.21. The SMILES string of the molecule is CCCCN(C(=O)Nc1ccc(NC(=O)NC(=O)c2c(F)cccc2F)cc1)c1ccc(Cl)cc1. The van der Waals surface area contributed by atoms with Gasteiger partial charge in [0.1, 0.15) is 17.2 Å². The van der Waals surface area contributed by atoms with Crippen LogP contribution in [0.4, 0.5) is 35.4 Å². The number of amides is 5. The predicted molar refractivity (Wildman–Crippen MR) is 132 cm³/mol. The number of halogens is 3. The van der Waals surface area contributed by atoms with Crippen LogP contribution in [0.15, 0.2) is 66.7 Å². The second kappa shape index (κ2) is 11.9. The van der Waals surface area contributed by atoms with Crippen LogP contribution in [0.2, 0.25) is 5.02 Å². The van der Waals surface area contributed by atoms with E-state index in [9.17, 15) is 23.2 Å². The van der Waals surface area contributed by atoms with E-state index in [2.05, 4.69) is 10.6 Å². The largest absolute Gasteiger partial charge is 0.326 e. The molecule has 0 saturated heterocycles. The van der Waals surface area contributed by atoms with Crippen molar-refractivity contribution in [3.63, 3.8) is 0 Å². The fourth-order valence-corrected chi connectivity index (χ4v) is 3.28. The highest BCUT2D eigenvalue weighted by molar-refractivity contribution is 6.30. The Morgan fingerprint density at radius 3 is 2.00 bits per heavy atom. The van der Waals surface area contributed by atoms with Gasteiger partial charge < -0.3 is 10.6 Å². The maximum absolute atomic E-state index is 13.7. The molecule has 3 aromatic rings. The minimum absolute atomic E-state index is 0.294. The molecular weight excluding hydrogens is 478 g/mol. The summed E-state index contributed by atoms with van der Waals surface area (Å²) in [6.45, 7) is 2.54. The van der Waals surface area contributed by atoms with Crippen molar-refractivity contribution in [2.75, 3.05) is 22.1 Å². The van der Waals surface area contributed by atoms with E-state index in [0.29, 0.717) is 28.6 Å². The molecule has 0 unspecified atom stereocenters. The number of unbranched alkanes of at least 4 members (excludes halogenated alkanes) is 1. The monoisotopic (exact) mass is 500 g/mol. The van der Waals surface area contributed by atoms with E-state index >= 15 is 0 Å². The van der Waals surface area contributed by atoms with E-state index in [0.717, 1.165) is 31.0 Å². The molecule has 3 rings (SSSR count). The van der Waals surface area contributed by atoms with E-state index < -0.39 is 29.1 Å². The lowest BCUT2D eigenvalue weighted by Gasteiger charge is -2.23. The number of benzene rings is 3. The minimum Gasteiger partial charge on any atom is -0.308 e. The third-order valence-corrected chi connectivity index (χ3v) is 5.18. The zero-order valence-electron chi connectivity index (χ0n) is 18.8. The number of nitrogens with one attached hydrogen (secondary N) is 3. The smallest absolute Gasteiger partial charge is 0.308 e. The quantitative estimate of drug-likeness (QED) is 0.349. The topological polar surface area (TPSA) is 90.5 Å². The van der Waals surface area contributed by atoms with Gasteiger partial charge in [0.2, 0.25) is 0 Å². The molecule has 0 saturated carbocycles. The summed E-state index contributed by atoms with van der Waals surface area (Å²) in [6, 6.07) is 14.7. The minimum atomic E-state index is -1.21. The van der Waals surface area contributed by atoms with Crippen molar-refractivity contribution in [1.29, 1.82) is 0 Å². The molecule has 3 aromatic carbocycles. The van der Waals surface area contributed by atoms with E-state index in [1.54, 1.807) is 41.3 Å². The summed E-state index contributed by atoms with van der Waals surface area (Å²) in [6.07, 6.45) is 1.72. The van der Waals surface area contributed by atoms with Crippen LogP contribution >= 0.6 is 11.6 Å². The van der Waals surface area contributed by atoms with Gasteiger partial charge in [0, 0.05) is 28.6 Å². The first-order valence-corrected chi connectivity index (χ1v) is 11.2. The zero-order valence-corrected chi connectivity index (χ0v) is 19.5.